The first kappa shape index (κ1) is 39.8. The first-order valence-electron chi connectivity index (χ1n) is 14.2. The molecule has 0 aliphatic heterocycles. The molecular formula is C32H32Cl2N6O9. The molecule has 15 nitrogen and oxygen atoms in total. The summed E-state index contributed by atoms with van der Waals surface area (Å²) in [5, 5.41) is 24.9. The molecule has 0 spiro atoms. The molecule has 0 aliphatic carbocycles. The molecule has 4 rings (SSSR count). The lowest BCUT2D eigenvalue weighted by molar-refractivity contribution is -0.385. The molecule has 0 amide bonds. The molecule has 0 aliphatic rings. The highest BCUT2D eigenvalue weighted by Crippen LogP contribution is 2.23. The van der Waals surface area contributed by atoms with Gasteiger partial charge in [-0.3, -0.25) is 49.9 Å². The lowest BCUT2D eigenvalue weighted by Crippen LogP contribution is -2.39. The maximum absolute atomic E-state index is 11.9. The Balaban J connectivity index is 0.000000281. The molecule has 3 N–H and O–H groups in total. The number of nitrogens with two attached hydrogens (primary N) is 1. The maximum atomic E-state index is 11.9. The number of halogens is 2. The van der Waals surface area contributed by atoms with E-state index in [4.69, 9.17) is 33.7 Å². The molecule has 2 aromatic carbocycles. The topological polar surface area (TPSA) is 220 Å². The Kier molecular flexibility index (Phi) is 16.9. The van der Waals surface area contributed by atoms with Gasteiger partial charge in [0.25, 0.3) is 11.4 Å². The van der Waals surface area contributed by atoms with Crippen LogP contribution in [0.3, 0.4) is 0 Å². The number of nitrogens with one attached hydrogen (secondary N) is 1. The van der Waals surface area contributed by atoms with Gasteiger partial charge < -0.3 is 15.2 Å². The summed E-state index contributed by atoms with van der Waals surface area (Å²) in [5.74, 6) is -0.872. The number of hydrogen-bond acceptors (Lipinski definition) is 13. The Morgan fingerprint density at radius 2 is 1.37 bits per heavy atom. The van der Waals surface area contributed by atoms with Crippen molar-refractivity contribution in [3.63, 3.8) is 0 Å². The highest BCUT2D eigenvalue weighted by molar-refractivity contribution is 6.31. The first-order valence-corrected chi connectivity index (χ1v) is 14.9. The zero-order valence-corrected chi connectivity index (χ0v) is 27.7. The minimum atomic E-state index is -0.666. The van der Waals surface area contributed by atoms with E-state index < -0.39 is 33.9 Å². The van der Waals surface area contributed by atoms with Crippen molar-refractivity contribution in [3.8, 4) is 0 Å². The summed E-state index contributed by atoms with van der Waals surface area (Å²) in [6.45, 7) is 0.125. The van der Waals surface area contributed by atoms with Crippen LogP contribution in [0.2, 0.25) is 10.0 Å². The van der Waals surface area contributed by atoms with Crippen molar-refractivity contribution in [2.24, 2.45) is 5.73 Å². The number of ether oxygens (including phenoxy) is 2. The summed E-state index contributed by atoms with van der Waals surface area (Å²) >= 11 is 11.3. The molecule has 2 heterocycles. The van der Waals surface area contributed by atoms with Crippen LogP contribution in [0, 0.1) is 20.2 Å². The van der Waals surface area contributed by atoms with Crippen LogP contribution in [0.4, 0.5) is 11.4 Å². The number of esters is 2. The number of aromatic nitrogens is 2. The van der Waals surface area contributed by atoms with Gasteiger partial charge in [0.2, 0.25) is 0 Å². The standard InChI is InChI=1S/C16H16ClN3O4.C9H12N2O2.C7H4ClNO3/c1-24-16(21)14(9-13-4-2-3-7-18-13)19-10-11-5-6-12(17)8-15(11)20(22)23;1-13-9(12)8(10)6-7-4-2-3-5-11-7;8-6-2-1-5(4-10)7(3-6)9(11)12/h2-8,14,19H,9-10H2,1H3;2-5,8H,6,10H2,1H3;1-4H/t14-;8-;/m11./s1. The van der Waals surface area contributed by atoms with Crippen LogP contribution in [0.1, 0.15) is 27.3 Å². The number of nitrogens with zero attached hydrogens (tertiary/aromatic N) is 4. The van der Waals surface area contributed by atoms with Gasteiger partial charge in [-0.05, 0) is 48.5 Å². The number of hydrogen-bond donors (Lipinski definition) is 2. The molecule has 49 heavy (non-hydrogen) atoms. The van der Waals surface area contributed by atoms with Gasteiger partial charge in [-0.25, -0.2) is 0 Å². The predicted octanol–water partition coefficient (Wildman–Crippen LogP) is 4.70. The lowest BCUT2D eigenvalue weighted by Gasteiger charge is -2.16. The highest BCUT2D eigenvalue weighted by Gasteiger charge is 2.22. The van der Waals surface area contributed by atoms with E-state index in [9.17, 15) is 34.6 Å². The van der Waals surface area contributed by atoms with Crippen LogP contribution in [-0.4, -0.2) is 64.3 Å². The van der Waals surface area contributed by atoms with Gasteiger partial charge in [-0.1, -0.05) is 35.3 Å². The normalized spacial score (nSPS) is 11.3. The number of pyridine rings is 2. The third-order valence-electron chi connectivity index (χ3n) is 6.38. The van der Waals surface area contributed by atoms with Crippen LogP contribution in [0.25, 0.3) is 0 Å². The van der Waals surface area contributed by atoms with E-state index in [-0.39, 0.29) is 33.5 Å². The fourth-order valence-corrected chi connectivity index (χ4v) is 4.28. The number of carbonyl (C=O) groups is 3. The van der Waals surface area contributed by atoms with Crippen molar-refractivity contribution < 1.29 is 33.7 Å². The van der Waals surface area contributed by atoms with Crippen LogP contribution < -0.4 is 11.1 Å². The second kappa shape index (κ2) is 20.8. The van der Waals surface area contributed by atoms with Gasteiger partial charge >= 0.3 is 11.9 Å². The zero-order valence-electron chi connectivity index (χ0n) is 26.2. The summed E-state index contributed by atoms with van der Waals surface area (Å²) in [6, 6.07) is 17.9. The number of methoxy groups -OCH3 is 2. The third-order valence-corrected chi connectivity index (χ3v) is 6.85. The number of nitro groups is 2. The van der Waals surface area contributed by atoms with Gasteiger partial charge in [-0.15, -0.1) is 0 Å². The van der Waals surface area contributed by atoms with Crippen LogP contribution >= 0.6 is 23.2 Å². The second-order valence-corrected chi connectivity index (χ2v) is 10.6. The summed E-state index contributed by atoms with van der Waals surface area (Å²) in [6.07, 6.45) is 4.45. The van der Waals surface area contributed by atoms with Crippen LogP contribution in [-0.2, 0) is 38.4 Å². The van der Waals surface area contributed by atoms with Gasteiger partial charge in [-0.2, -0.15) is 0 Å². The average Bonchev–Trinajstić information content (AvgIpc) is 3.11. The summed E-state index contributed by atoms with van der Waals surface area (Å²) in [7, 11) is 2.61. The van der Waals surface area contributed by atoms with Crippen molar-refractivity contribution in [2.75, 3.05) is 14.2 Å². The van der Waals surface area contributed by atoms with Crippen molar-refractivity contribution in [3.05, 3.63) is 138 Å². The van der Waals surface area contributed by atoms with E-state index >= 15 is 0 Å². The highest BCUT2D eigenvalue weighted by atomic mass is 35.5. The molecule has 17 heteroatoms. The predicted molar refractivity (Wildman–Crippen MR) is 180 cm³/mol. The SMILES string of the molecule is COC(=O)[C@@H](Cc1ccccn1)NCc1ccc(Cl)cc1[N+](=O)[O-].COC(=O)[C@H](N)Cc1ccccn1.O=Cc1ccc(Cl)cc1[N+](=O)[O-]. The zero-order chi connectivity index (χ0) is 36.3. The average molecular weight is 716 g/mol. The minimum absolute atomic E-state index is 0.0319. The molecule has 0 bridgehead atoms. The third kappa shape index (κ3) is 13.7. The van der Waals surface area contributed by atoms with E-state index in [0.29, 0.717) is 30.4 Å². The van der Waals surface area contributed by atoms with E-state index in [1.807, 2.05) is 24.3 Å². The number of nitro benzene ring substituents is 2. The van der Waals surface area contributed by atoms with Gasteiger partial charge in [0.05, 0.1) is 29.6 Å². The molecule has 0 fully saturated rings. The van der Waals surface area contributed by atoms with E-state index in [1.54, 1.807) is 36.7 Å². The van der Waals surface area contributed by atoms with Gasteiger partial charge in [0.1, 0.15) is 12.1 Å². The van der Waals surface area contributed by atoms with E-state index in [2.05, 4.69) is 20.0 Å². The molecule has 4 aromatic rings. The van der Waals surface area contributed by atoms with Crippen LogP contribution in [0.5, 0.6) is 0 Å². The molecule has 2 aromatic heterocycles. The molecule has 0 saturated heterocycles. The Morgan fingerprint density at radius 3 is 1.86 bits per heavy atom. The molecule has 258 valence electrons. The van der Waals surface area contributed by atoms with Crippen molar-refractivity contribution in [1.29, 1.82) is 0 Å². The largest absolute Gasteiger partial charge is 0.468 e. The number of carbonyl (C=O) groups excluding carboxylic acids is 3. The van der Waals surface area contributed by atoms with Gasteiger partial charge in [0, 0.05) is 70.9 Å². The van der Waals surface area contributed by atoms with E-state index in [0.717, 1.165) is 11.8 Å². The fraction of sp³-hybridized carbons (Fsp3) is 0.219. The monoisotopic (exact) mass is 714 g/mol. The van der Waals surface area contributed by atoms with E-state index in [1.165, 1.54) is 32.4 Å². The first-order chi connectivity index (χ1) is 23.4. The lowest BCUT2D eigenvalue weighted by atomic mass is 10.1. The molecular weight excluding hydrogens is 683 g/mol. The second-order valence-electron chi connectivity index (χ2n) is 9.74. The van der Waals surface area contributed by atoms with Crippen molar-refractivity contribution in [1.82, 2.24) is 15.3 Å². The number of aldehydes is 1. The van der Waals surface area contributed by atoms with Crippen LogP contribution in [0.15, 0.2) is 85.2 Å². The fourth-order valence-electron chi connectivity index (χ4n) is 3.95. The Hall–Kier alpha value is -5.35. The summed E-state index contributed by atoms with van der Waals surface area (Å²) in [4.78, 5) is 61.7. The Morgan fingerprint density at radius 1 is 0.837 bits per heavy atom. The maximum Gasteiger partial charge on any atom is 0.323 e. The van der Waals surface area contributed by atoms with Crippen molar-refractivity contribution in [2.45, 2.75) is 31.5 Å². The molecule has 0 radical (unpaired) electrons. The minimum Gasteiger partial charge on any atom is -0.468 e. The molecule has 0 unspecified atom stereocenters. The number of benzene rings is 2. The number of rotatable bonds is 12. The molecule has 2 atom stereocenters. The quantitative estimate of drug-likeness (QED) is 0.0880. The smallest absolute Gasteiger partial charge is 0.323 e. The molecule has 0 saturated carbocycles. The summed E-state index contributed by atoms with van der Waals surface area (Å²) < 4.78 is 9.28. The Labute approximate surface area is 290 Å². The Bertz CT molecular complexity index is 1720. The van der Waals surface area contributed by atoms with Gasteiger partial charge in [0.15, 0.2) is 6.29 Å². The summed E-state index contributed by atoms with van der Waals surface area (Å²) in [5.41, 5.74) is 7.15. The van der Waals surface area contributed by atoms with Crippen molar-refractivity contribution >= 4 is 52.8 Å².